The molecule has 0 spiro atoms. The van der Waals surface area contributed by atoms with E-state index in [2.05, 4.69) is 10.3 Å². The molecule has 1 heterocycles. The highest BCUT2D eigenvalue weighted by molar-refractivity contribution is 5.78. The van der Waals surface area contributed by atoms with Gasteiger partial charge >= 0.3 is 5.97 Å². The zero-order valence-electron chi connectivity index (χ0n) is 10.8. The molecule has 1 aliphatic carbocycles. The molecule has 1 saturated carbocycles. The third-order valence-electron chi connectivity index (χ3n) is 3.54. The highest BCUT2D eigenvalue weighted by Gasteiger charge is 2.40. The number of rotatable bonds is 6. The molecule has 5 nitrogen and oxygen atoms in total. The Morgan fingerprint density at radius 3 is 2.68 bits per heavy atom. The molecule has 0 unspecified atom stereocenters. The summed E-state index contributed by atoms with van der Waals surface area (Å²) in [6.45, 7) is 0. The minimum Gasteiger partial charge on any atom is -0.481 e. The summed E-state index contributed by atoms with van der Waals surface area (Å²) in [5, 5.41) is 11.8. The van der Waals surface area contributed by atoms with Crippen molar-refractivity contribution in [1.29, 1.82) is 0 Å². The Labute approximate surface area is 112 Å². The van der Waals surface area contributed by atoms with Crippen molar-refractivity contribution < 1.29 is 14.7 Å². The molecule has 0 aromatic carbocycles. The Balaban J connectivity index is 1.82. The van der Waals surface area contributed by atoms with E-state index in [1.165, 1.54) is 0 Å². The smallest absolute Gasteiger partial charge is 0.305 e. The first-order chi connectivity index (χ1) is 9.10. The van der Waals surface area contributed by atoms with Crippen molar-refractivity contribution in [3.8, 4) is 0 Å². The number of hydrogen-bond donors (Lipinski definition) is 2. The number of amides is 1. The number of nitrogens with one attached hydrogen (secondary N) is 1. The fraction of sp³-hybridized carbons (Fsp3) is 0.500. The van der Waals surface area contributed by atoms with Gasteiger partial charge in [-0.3, -0.25) is 14.6 Å². The van der Waals surface area contributed by atoms with Crippen LogP contribution in [0, 0.1) is 0 Å². The SMILES string of the molecule is O=C(O)CC1(NC(=O)CCc2ccccn2)CCC1. The molecule has 2 rings (SSSR count). The monoisotopic (exact) mass is 262 g/mol. The summed E-state index contributed by atoms with van der Waals surface area (Å²) in [4.78, 5) is 26.8. The summed E-state index contributed by atoms with van der Waals surface area (Å²) < 4.78 is 0. The van der Waals surface area contributed by atoms with Gasteiger partial charge in [0.2, 0.25) is 5.91 Å². The van der Waals surface area contributed by atoms with Crippen molar-refractivity contribution in [2.75, 3.05) is 0 Å². The van der Waals surface area contributed by atoms with Gasteiger partial charge in [-0.25, -0.2) is 0 Å². The average molecular weight is 262 g/mol. The van der Waals surface area contributed by atoms with Crippen molar-refractivity contribution in [3.63, 3.8) is 0 Å². The molecule has 1 amide bonds. The lowest BCUT2D eigenvalue weighted by Crippen LogP contribution is -2.54. The predicted octanol–water partition coefficient (Wildman–Crippen LogP) is 1.53. The summed E-state index contributed by atoms with van der Waals surface area (Å²) in [7, 11) is 0. The van der Waals surface area contributed by atoms with E-state index in [4.69, 9.17) is 5.11 Å². The summed E-state index contributed by atoms with van der Waals surface area (Å²) in [5.74, 6) is -0.948. The van der Waals surface area contributed by atoms with Crippen LogP contribution in [0.15, 0.2) is 24.4 Å². The van der Waals surface area contributed by atoms with Crippen molar-refractivity contribution in [2.45, 2.75) is 44.1 Å². The number of carboxylic acids is 1. The van der Waals surface area contributed by atoms with E-state index in [1.54, 1.807) is 6.20 Å². The normalized spacial score (nSPS) is 16.4. The van der Waals surface area contributed by atoms with Gasteiger partial charge in [0.25, 0.3) is 0 Å². The number of carbonyl (C=O) groups excluding carboxylic acids is 1. The van der Waals surface area contributed by atoms with Crippen LogP contribution in [-0.4, -0.2) is 27.5 Å². The Bertz CT molecular complexity index is 455. The minimum atomic E-state index is -0.857. The minimum absolute atomic E-state index is 0.0162. The van der Waals surface area contributed by atoms with Crippen LogP contribution in [0.25, 0.3) is 0 Å². The molecule has 0 bridgehead atoms. The maximum atomic E-state index is 11.9. The number of aromatic nitrogens is 1. The molecule has 0 aliphatic heterocycles. The highest BCUT2D eigenvalue weighted by Crippen LogP contribution is 2.34. The first kappa shape index (κ1) is 13.5. The number of carbonyl (C=O) groups is 2. The third-order valence-corrected chi connectivity index (χ3v) is 3.54. The van der Waals surface area contributed by atoms with Crippen molar-refractivity contribution >= 4 is 11.9 Å². The van der Waals surface area contributed by atoms with Crippen LogP contribution in [0.1, 0.15) is 37.8 Å². The molecule has 5 heteroatoms. The second-order valence-electron chi connectivity index (χ2n) is 5.07. The molecule has 102 valence electrons. The largest absolute Gasteiger partial charge is 0.481 e. The van der Waals surface area contributed by atoms with E-state index in [-0.39, 0.29) is 12.3 Å². The van der Waals surface area contributed by atoms with Gasteiger partial charge in [-0.1, -0.05) is 6.07 Å². The number of aliphatic carboxylic acids is 1. The summed E-state index contributed by atoms with van der Waals surface area (Å²) in [6, 6.07) is 5.60. The van der Waals surface area contributed by atoms with E-state index in [1.807, 2.05) is 18.2 Å². The second-order valence-corrected chi connectivity index (χ2v) is 5.07. The fourth-order valence-corrected chi connectivity index (χ4v) is 2.38. The zero-order chi connectivity index (χ0) is 13.7. The van der Waals surface area contributed by atoms with E-state index >= 15 is 0 Å². The van der Waals surface area contributed by atoms with E-state index in [9.17, 15) is 9.59 Å². The van der Waals surface area contributed by atoms with Crippen LogP contribution in [0.2, 0.25) is 0 Å². The number of hydrogen-bond acceptors (Lipinski definition) is 3. The fourth-order valence-electron chi connectivity index (χ4n) is 2.38. The predicted molar refractivity (Wildman–Crippen MR) is 69.5 cm³/mol. The first-order valence-corrected chi connectivity index (χ1v) is 6.52. The molecule has 1 aromatic heterocycles. The molecular weight excluding hydrogens is 244 g/mol. The topological polar surface area (TPSA) is 79.3 Å². The van der Waals surface area contributed by atoms with Gasteiger partial charge < -0.3 is 10.4 Å². The van der Waals surface area contributed by atoms with Crippen LogP contribution in [-0.2, 0) is 16.0 Å². The van der Waals surface area contributed by atoms with Crippen LogP contribution in [0.4, 0.5) is 0 Å². The van der Waals surface area contributed by atoms with Gasteiger partial charge in [0.1, 0.15) is 0 Å². The number of carboxylic acid groups (broad SMARTS) is 1. The van der Waals surface area contributed by atoms with E-state index in [0.717, 1.165) is 25.0 Å². The van der Waals surface area contributed by atoms with Gasteiger partial charge in [0.15, 0.2) is 0 Å². The molecule has 19 heavy (non-hydrogen) atoms. The third kappa shape index (κ3) is 3.77. The first-order valence-electron chi connectivity index (χ1n) is 6.52. The maximum absolute atomic E-state index is 11.9. The Morgan fingerprint density at radius 1 is 1.37 bits per heavy atom. The van der Waals surface area contributed by atoms with Crippen molar-refractivity contribution in [1.82, 2.24) is 10.3 Å². The van der Waals surface area contributed by atoms with Gasteiger partial charge in [-0.2, -0.15) is 0 Å². The summed E-state index contributed by atoms with van der Waals surface area (Å²) >= 11 is 0. The molecule has 1 aromatic rings. The molecule has 0 radical (unpaired) electrons. The molecular formula is C14H18N2O3. The molecule has 0 saturated heterocycles. The molecule has 1 fully saturated rings. The number of aryl methyl sites for hydroxylation is 1. The van der Waals surface area contributed by atoms with Gasteiger partial charge in [-0.05, 0) is 37.8 Å². The number of nitrogens with zero attached hydrogens (tertiary/aromatic N) is 1. The highest BCUT2D eigenvalue weighted by atomic mass is 16.4. The molecule has 0 atom stereocenters. The Kier molecular flexibility index (Phi) is 4.14. The van der Waals surface area contributed by atoms with Crippen molar-refractivity contribution in [2.24, 2.45) is 0 Å². The van der Waals surface area contributed by atoms with Gasteiger partial charge in [-0.15, -0.1) is 0 Å². The van der Waals surface area contributed by atoms with Crippen LogP contribution >= 0.6 is 0 Å². The van der Waals surface area contributed by atoms with Gasteiger partial charge in [0, 0.05) is 18.3 Å². The number of pyridine rings is 1. The van der Waals surface area contributed by atoms with Crippen LogP contribution in [0.5, 0.6) is 0 Å². The Hall–Kier alpha value is -1.91. The molecule has 2 N–H and O–H groups in total. The lowest BCUT2D eigenvalue weighted by molar-refractivity contribution is -0.140. The Morgan fingerprint density at radius 2 is 2.16 bits per heavy atom. The average Bonchev–Trinajstić information content (AvgIpc) is 2.34. The summed E-state index contributed by atoms with van der Waals surface area (Å²) in [5.41, 5.74) is 0.367. The van der Waals surface area contributed by atoms with E-state index < -0.39 is 11.5 Å². The second kappa shape index (κ2) is 5.82. The standard InChI is InChI=1S/C14H18N2O3/c17-12(6-5-11-4-1-2-9-15-11)16-14(7-3-8-14)10-13(18)19/h1-2,4,9H,3,5-8,10H2,(H,16,17)(H,18,19). The molecule has 1 aliphatic rings. The summed E-state index contributed by atoms with van der Waals surface area (Å²) in [6.07, 6.45) is 5.14. The lowest BCUT2D eigenvalue weighted by Gasteiger charge is -2.41. The van der Waals surface area contributed by atoms with Crippen LogP contribution in [0.3, 0.4) is 0 Å². The lowest BCUT2D eigenvalue weighted by atomic mass is 9.74. The van der Waals surface area contributed by atoms with E-state index in [0.29, 0.717) is 12.8 Å². The van der Waals surface area contributed by atoms with Crippen molar-refractivity contribution in [3.05, 3.63) is 30.1 Å². The van der Waals surface area contributed by atoms with Crippen LogP contribution < -0.4 is 5.32 Å². The zero-order valence-corrected chi connectivity index (χ0v) is 10.8. The van der Waals surface area contributed by atoms with Gasteiger partial charge in [0.05, 0.1) is 12.0 Å². The maximum Gasteiger partial charge on any atom is 0.305 e. The quantitative estimate of drug-likeness (QED) is 0.814.